The third-order valence-corrected chi connectivity index (χ3v) is 3.58. The molecule has 1 aliphatic rings. The van der Waals surface area contributed by atoms with E-state index in [9.17, 15) is 4.39 Å². The highest BCUT2D eigenvalue weighted by molar-refractivity contribution is 5.32. The van der Waals surface area contributed by atoms with Gasteiger partial charge in [-0.2, -0.15) is 0 Å². The van der Waals surface area contributed by atoms with Crippen LogP contribution in [0.3, 0.4) is 0 Å². The molecule has 1 aromatic heterocycles. The molecule has 2 aromatic rings. The molecular formula is C15H16FN3. The van der Waals surface area contributed by atoms with Crippen molar-refractivity contribution in [1.82, 2.24) is 9.97 Å². The lowest BCUT2D eigenvalue weighted by Gasteiger charge is -2.32. The second-order valence-electron chi connectivity index (χ2n) is 4.90. The fourth-order valence-corrected chi connectivity index (χ4v) is 2.62. The highest BCUT2D eigenvalue weighted by Crippen LogP contribution is 2.28. The summed E-state index contributed by atoms with van der Waals surface area (Å²) in [6, 6.07) is 10.5. The Hall–Kier alpha value is -1.97. The van der Waals surface area contributed by atoms with Crippen molar-refractivity contribution in [3.63, 3.8) is 0 Å². The molecule has 0 aliphatic carbocycles. The van der Waals surface area contributed by atoms with E-state index < -0.39 is 0 Å². The second-order valence-corrected chi connectivity index (χ2v) is 4.90. The predicted molar refractivity (Wildman–Crippen MR) is 72.6 cm³/mol. The summed E-state index contributed by atoms with van der Waals surface area (Å²) in [6.45, 7) is 1.84. The zero-order valence-electron chi connectivity index (χ0n) is 10.7. The number of hydrogen-bond donors (Lipinski definition) is 0. The summed E-state index contributed by atoms with van der Waals surface area (Å²) in [5.74, 6) is 0.742. The van der Waals surface area contributed by atoms with E-state index in [1.165, 1.54) is 24.4 Å². The van der Waals surface area contributed by atoms with Gasteiger partial charge in [0.25, 0.3) is 0 Å². The molecule has 98 valence electrons. The molecule has 1 fully saturated rings. The van der Waals surface area contributed by atoms with Crippen molar-refractivity contribution < 1.29 is 4.39 Å². The van der Waals surface area contributed by atoms with E-state index in [-0.39, 0.29) is 5.82 Å². The van der Waals surface area contributed by atoms with Gasteiger partial charge in [0.05, 0.1) is 12.4 Å². The first kappa shape index (κ1) is 12.1. The minimum atomic E-state index is -0.389. The number of hydrogen-bond acceptors (Lipinski definition) is 3. The Morgan fingerprint density at radius 3 is 2.58 bits per heavy atom. The van der Waals surface area contributed by atoms with Gasteiger partial charge in [-0.1, -0.05) is 30.3 Å². The molecule has 0 bridgehead atoms. The van der Waals surface area contributed by atoms with Gasteiger partial charge >= 0.3 is 0 Å². The third-order valence-electron chi connectivity index (χ3n) is 3.58. The average Bonchev–Trinajstić information content (AvgIpc) is 2.49. The van der Waals surface area contributed by atoms with E-state index >= 15 is 0 Å². The highest BCUT2D eigenvalue weighted by Gasteiger charge is 2.22. The Kier molecular flexibility index (Phi) is 3.40. The molecule has 19 heavy (non-hydrogen) atoms. The summed E-state index contributed by atoms with van der Waals surface area (Å²) in [6.07, 6.45) is 4.75. The molecule has 1 aliphatic heterocycles. The van der Waals surface area contributed by atoms with Gasteiger partial charge in [-0.15, -0.1) is 0 Å². The van der Waals surface area contributed by atoms with Gasteiger partial charge in [0.15, 0.2) is 5.82 Å². The number of piperidine rings is 1. The van der Waals surface area contributed by atoms with Gasteiger partial charge in [-0.05, 0) is 18.4 Å². The Morgan fingerprint density at radius 2 is 1.84 bits per heavy atom. The smallest absolute Gasteiger partial charge is 0.225 e. The first-order valence-corrected chi connectivity index (χ1v) is 6.60. The number of rotatable bonds is 2. The van der Waals surface area contributed by atoms with E-state index in [0.29, 0.717) is 11.9 Å². The van der Waals surface area contributed by atoms with Crippen LogP contribution in [0.2, 0.25) is 0 Å². The van der Waals surface area contributed by atoms with Crippen molar-refractivity contribution in [2.45, 2.75) is 18.8 Å². The normalized spacial score (nSPS) is 19.4. The topological polar surface area (TPSA) is 29.0 Å². The molecule has 4 heteroatoms. The van der Waals surface area contributed by atoms with Crippen molar-refractivity contribution in [3.05, 3.63) is 54.1 Å². The number of aromatic nitrogens is 2. The van der Waals surface area contributed by atoms with E-state index in [2.05, 4.69) is 39.1 Å². The van der Waals surface area contributed by atoms with Gasteiger partial charge in [0, 0.05) is 19.0 Å². The van der Waals surface area contributed by atoms with Gasteiger partial charge < -0.3 is 4.90 Å². The molecule has 3 nitrogen and oxygen atoms in total. The molecule has 3 rings (SSSR count). The molecule has 1 saturated heterocycles. The van der Waals surface area contributed by atoms with Gasteiger partial charge in [0.1, 0.15) is 0 Å². The first-order valence-electron chi connectivity index (χ1n) is 6.60. The second kappa shape index (κ2) is 5.34. The molecule has 1 atom stereocenters. The Morgan fingerprint density at radius 1 is 1.11 bits per heavy atom. The summed E-state index contributed by atoms with van der Waals surface area (Å²) in [5, 5.41) is 0. The standard InChI is InChI=1S/C15H16FN3/c16-14-9-17-15(18-10-14)19-8-4-7-13(11-19)12-5-2-1-3-6-12/h1-3,5-6,9-10,13H,4,7-8,11H2. The maximum absolute atomic E-state index is 12.9. The van der Waals surface area contributed by atoms with Crippen molar-refractivity contribution in [3.8, 4) is 0 Å². The van der Waals surface area contributed by atoms with Crippen LogP contribution in [0.5, 0.6) is 0 Å². The van der Waals surface area contributed by atoms with Gasteiger partial charge in [-0.25, -0.2) is 14.4 Å². The average molecular weight is 257 g/mol. The molecule has 0 saturated carbocycles. The minimum absolute atomic E-state index is 0.389. The number of anilines is 1. The molecule has 0 spiro atoms. The largest absolute Gasteiger partial charge is 0.340 e. The van der Waals surface area contributed by atoms with Crippen LogP contribution in [0.15, 0.2) is 42.7 Å². The highest BCUT2D eigenvalue weighted by atomic mass is 19.1. The van der Waals surface area contributed by atoms with E-state index in [4.69, 9.17) is 0 Å². The van der Waals surface area contributed by atoms with Crippen LogP contribution in [0.4, 0.5) is 10.3 Å². The first-order chi connectivity index (χ1) is 9.33. The van der Waals surface area contributed by atoms with E-state index in [0.717, 1.165) is 19.5 Å². The lowest BCUT2D eigenvalue weighted by Crippen LogP contribution is -2.35. The molecular weight excluding hydrogens is 241 g/mol. The summed E-state index contributed by atoms with van der Waals surface area (Å²) < 4.78 is 12.9. The molecule has 1 aromatic carbocycles. The van der Waals surface area contributed by atoms with Crippen molar-refractivity contribution in [1.29, 1.82) is 0 Å². The fraction of sp³-hybridized carbons (Fsp3) is 0.333. The monoisotopic (exact) mass is 257 g/mol. The number of halogens is 1. The lowest BCUT2D eigenvalue weighted by atomic mass is 9.91. The zero-order chi connectivity index (χ0) is 13.1. The SMILES string of the molecule is Fc1cnc(N2CCCC(c3ccccc3)C2)nc1. The van der Waals surface area contributed by atoms with Crippen LogP contribution >= 0.6 is 0 Å². The fourth-order valence-electron chi connectivity index (χ4n) is 2.62. The van der Waals surface area contributed by atoms with Crippen molar-refractivity contribution >= 4 is 5.95 Å². The maximum Gasteiger partial charge on any atom is 0.225 e. The summed E-state index contributed by atoms with van der Waals surface area (Å²) in [5.41, 5.74) is 1.36. The van der Waals surface area contributed by atoms with Crippen LogP contribution in [0.25, 0.3) is 0 Å². The molecule has 0 amide bonds. The van der Waals surface area contributed by atoms with Crippen LogP contribution in [0, 0.1) is 5.82 Å². The maximum atomic E-state index is 12.9. The molecule has 2 heterocycles. The van der Waals surface area contributed by atoms with Crippen molar-refractivity contribution in [2.24, 2.45) is 0 Å². The Bertz CT molecular complexity index is 527. The van der Waals surface area contributed by atoms with Crippen LogP contribution < -0.4 is 4.90 Å². The number of benzene rings is 1. The minimum Gasteiger partial charge on any atom is -0.340 e. The summed E-state index contributed by atoms with van der Waals surface area (Å²) in [4.78, 5) is 10.3. The van der Waals surface area contributed by atoms with Crippen LogP contribution in [-0.4, -0.2) is 23.1 Å². The number of nitrogens with zero attached hydrogens (tertiary/aromatic N) is 3. The van der Waals surface area contributed by atoms with Crippen LogP contribution in [-0.2, 0) is 0 Å². The van der Waals surface area contributed by atoms with Gasteiger partial charge in [0.2, 0.25) is 5.95 Å². The van der Waals surface area contributed by atoms with E-state index in [1.54, 1.807) is 0 Å². The third kappa shape index (κ3) is 2.72. The molecule has 1 unspecified atom stereocenters. The summed E-state index contributed by atoms with van der Waals surface area (Å²) in [7, 11) is 0. The molecule has 0 radical (unpaired) electrons. The molecule has 0 N–H and O–H groups in total. The van der Waals surface area contributed by atoms with Gasteiger partial charge in [-0.3, -0.25) is 0 Å². The predicted octanol–water partition coefficient (Wildman–Crippen LogP) is 3.00. The van der Waals surface area contributed by atoms with E-state index in [1.807, 2.05) is 6.07 Å². The lowest BCUT2D eigenvalue weighted by molar-refractivity contribution is 0.502. The van der Waals surface area contributed by atoms with Crippen LogP contribution in [0.1, 0.15) is 24.3 Å². The quantitative estimate of drug-likeness (QED) is 0.828. The summed E-state index contributed by atoms with van der Waals surface area (Å²) >= 11 is 0. The Labute approximate surface area is 112 Å². The van der Waals surface area contributed by atoms with Crippen molar-refractivity contribution in [2.75, 3.05) is 18.0 Å². The Balaban J connectivity index is 1.76. The zero-order valence-corrected chi connectivity index (χ0v) is 10.7.